The van der Waals surface area contributed by atoms with Gasteiger partial charge in [-0.15, -0.1) is 0 Å². The van der Waals surface area contributed by atoms with Crippen LogP contribution < -0.4 is 10.6 Å². The summed E-state index contributed by atoms with van der Waals surface area (Å²) in [6.45, 7) is 2.22. The fourth-order valence-corrected chi connectivity index (χ4v) is 3.55. The summed E-state index contributed by atoms with van der Waals surface area (Å²) in [4.78, 5) is 16.2. The Hall–Kier alpha value is -1.55. The van der Waals surface area contributed by atoms with Crippen LogP contribution in [-0.4, -0.2) is 43.4 Å². The smallest absolute Gasteiger partial charge is 0.142 e. The molecular formula is C16H23N3O. The van der Waals surface area contributed by atoms with Crippen LogP contribution in [0.15, 0.2) is 18.2 Å². The Bertz CT molecular complexity index is 494. The van der Waals surface area contributed by atoms with E-state index in [0.717, 1.165) is 50.7 Å². The van der Waals surface area contributed by atoms with Gasteiger partial charge >= 0.3 is 0 Å². The van der Waals surface area contributed by atoms with E-state index >= 15 is 0 Å². The Kier molecular flexibility index (Phi) is 3.66. The number of hydrogen-bond acceptors (Lipinski definition) is 4. The van der Waals surface area contributed by atoms with E-state index in [1.54, 1.807) is 0 Å². The first kappa shape index (κ1) is 13.4. The molecule has 0 aromatic heterocycles. The van der Waals surface area contributed by atoms with Gasteiger partial charge < -0.3 is 20.3 Å². The molecule has 4 nitrogen and oxygen atoms in total. The molecule has 0 spiro atoms. The largest absolute Gasteiger partial charge is 0.399 e. The Morgan fingerprint density at radius 2 is 2.00 bits per heavy atom. The highest BCUT2D eigenvalue weighted by molar-refractivity contribution is 5.72. The third-order valence-corrected chi connectivity index (χ3v) is 4.69. The zero-order chi connectivity index (χ0) is 14.1. The maximum absolute atomic E-state index is 11.5. The molecule has 0 saturated carbocycles. The molecule has 2 aliphatic rings. The third-order valence-electron chi connectivity index (χ3n) is 4.69. The lowest BCUT2D eigenvalue weighted by Gasteiger charge is -2.44. The lowest BCUT2D eigenvalue weighted by atomic mass is 9.91. The van der Waals surface area contributed by atoms with Crippen molar-refractivity contribution in [2.24, 2.45) is 0 Å². The van der Waals surface area contributed by atoms with Gasteiger partial charge in [-0.1, -0.05) is 0 Å². The van der Waals surface area contributed by atoms with Crippen molar-refractivity contribution in [2.75, 3.05) is 30.8 Å². The summed E-state index contributed by atoms with van der Waals surface area (Å²) in [5.41, 5.74) is 9.23. The summed E-state index contributed by atoms with van der Waals surface area (Å²) in [5.74, 6) is 0. The quantitative estimate of drug-likeness (QED) is 0.658. The number of aldehydes is 1. The van der Waals surface area contributed by atoms with Crippen molar-refractivity contribution < 1.29 is 4.79 Å². The van der Waals surface area contributed by atoms with Crippen molar-refractivity contribution in [1.29, 1.82) is 0 Å². The number of nitrogens with two attached hydrogens (primary N) is 1. The summed E-state index contributed by atoms with van der Waals surface area (Å²) < 4.78 is 0. The van der Waals surface area contributed by atoms with Crippen LogP contribution in [0.1, 0.15) is 24.8 Å². The van der Waals surface area contributed by atoms with Gasteiger partial charge in [-0.05, 0) is 69.6 Å². The van der Waals surface area contributed by atoms with E-state index < -0.39 is 0 Å². The average molecular weight is 273 g/mol. The van der Waals surface area contributed by atoms with Gasteiger partial charge in [0.1, 0.15) is 6.29 Å². The van der Waals surface area contributed by atoms with Crippen molar-refractivity contribution in [3.63, 3.8) is 0 Å². The normalized spacial score (nSPS) is 24.4. The molecule has 0 aliphatic carbocycles. The lowest BCUT2D eigenvalue weighted by molar-refractivity contribution is -0.109. The van der Waals surface area contributed by atoms with E-state index in [9.17, 15) is 4.79 Å². The first-order chi connectivity index (χ1) is 9.69. The van der Waals surface area contributed by atoms with Crippen molar-refractivity contribution in [1.82, 2.24) is 4.90 Å². The van der Waals surface area contributed by atoms with E-state index in [0.29, 0.717) is 6.04 Å². The molecule has 2 heterocycles. The topological polar surface area (TPSA) is 49.6 Å². The molecule has 2 N–H and O–H groups in total. The number of carbonyl (C=O) groups excluding carboxylic acids is 1. The molecule has 2 aliphatic heterocycles. The maximum Gasteiger partial charge on any atom is 0.142 e. The fourth-order valence-electron chi connectivity index (χ4n) is 3.55. The van der Waals surface area contributed by atoms with Crippen LogP contribution in [0, 0.1) is 0 Å². The molecule has 0 radical (unpaired) electrons. The van der Waals surface area contributed by atoms with Crippen LogP contribution >= 0.6 is 0 Å². The molecule has 1 unspecified atom stereocenters. The van der Waals surface area contributed by atoms with E-state index in [1.165, 1.54) is 11.3 Å². The van der Waals surface area contributed by atoms with E-state index in [-0.39, 0.29) is 6.04 Å². The molecule has 4 heteroatoms. The minimum atomic E-state index is 0.0273. The molecule has 1 atom stereocenters. The average Bonchev–Trinajstić information content (AvgIpc) is 2.47. The summed E-state index contributed by atoms with van der Waals surface area (Å²) in [5, 5.41) is 0. The van der Waals surface area contributed by atoms with E-state index in [1.807, 2.05) is 6.07 Å². The number of nitrogens with zero attached hydrogens (tertiary/aromatic N) is 2. The SMILES string of the molecule is CN1CCC(N2c3ccc(N)cc3CCC2C=O)CC1. The van der Waals surface area contributed by atoms with Crippen LogP contribution in [0.5, 0.6) is 0 Å². The molecule has 0 bridgehead atoms. The van der Waals surface area contributed by atoms with E-state index in [4.69, 9.17) is 5.73 Å². The number of likely N-dealkylation sites (tertiary alicyclic amines) is 1. The molecule has 1 fully saturated rings. The summed E-state index contributed by atoms with van der Waals surface area (Å²) in [6.07, 6.45) is 5.24. The minimum absolute atomic E-state index is 0.0273. The molecule has 1 aromatic rings. The van der Waals surface area contributed by atoms with Crippen LogP contribution in [-0.2, 0) is 11.2 Å². The first-order valence-corrected chi connectivity index (χ1v) is 7.49. The Morgan fingerprint density at radius 3 is 2.70 bits per heavy atom. The Balaban J connectivity index is 1.92. The molecule has 20 heavy (non-hydrogen) atoms. The number of benzene rings is 1. The van der Waals surface area contributed by atoms with Crippen molar-refractivity contribution in [3.05, 3.63) is 23.8 Å². The number of carbonyl (C=O) groups is 1. The van der Waals surface area contributed by atoms with Gasteiger partial charge in [-0.25, -0.2) is 0 Å². The molecular weight excluding hydrogens is 250 g/mol. The maximum atomic E-state index is 11.5. The predicted molar refractivity (Wildman–Crippen MR) is 82.0 cm³/mol. The lowest BCUT2D eigenvalue weighted by Crippen LogP contribution is -2.51. The number of hydrogen-bond donors (Lipinski definition) is 1. The number of nitrogen functional groups attached to an aromatic ring is 1. The molecule has 0 amide bonds. The van der Waals surface area contributed by atoms with Gasteiger partial charge in [-0.3, -0.25) is 0 Å². The van der Waals surface area contributed by atoms with Crippen LogP contribution in [0.3, 0.4) is 0 Å². The second kappa shape index (κ2) is 5.44. The minimum Gasteiger partial charge on any atom is -0.399 e. The number of aryl methyl sites for hydroxylation is 1. The van der Waals surface area contributed by atoms with Crippen LogP contribution in [0.2, 0.25) is 0 Å². The standard InChI is InChI=1S/C16H23N3O/c1-18-8-6-14(7-9-18)19-15(11-20)4-2-12-10-13(17)3-5-16(12)19/h3,5,10-11,14-15H,2,4,6-9,17H2,1H3. The van der Waals surface area contributed by atoms with Gasteiger partial charge in [0.05, 0.1) is 6.04 Å². The first-order valence-electron chi connectivity index (χ1n) is 7.49. The second-order valence-corrected chi connectivity index (χ2v) is 6.07. The summed E-state index contributed by atoms with van der Waals surface area (Å²) in [6, 6.07) is 6.62. The predicted octanol–water partition coefficient (Wildman–Crippen LogP) is 1.68. The van der Waals surface area contributed by atoms with Crippen LogP contribution in [0.25, 0.3) is 0 Å². The zero-order valence-electron chi connectivity index (χ0n) is 12.1. The van der Waals surface area contributed by atoms with Gasteiger partial charge in [-0.2, -0.15) is 0 Å². The zero-order valence-corrected chi connectivity index (χ0v) is 12.1. The Labute approximate surface area is 120 Å². The van der Waals surface area contributed by atoms with Crippen LogP contribution in [0.4, 0.5) is 11.4 Å². The summed E-state index contributed by atoms with van der Waals surface area (Å²) in [7, 11) is 2.16. The molecule has 1 saturated heterocycles. The molecule has 108 valence electrons. The number of rotatable bonds is 2. The van der Waals surface area contributed by atoms with Gasteiger partial charge in [0.15, 0.2) is 0 Å². The molecule has 3 rings (SSSR count). The van der Waals surface area contributed by atoms with Crippen molar-refractivity contribution in [3.8, 4) is 0 Å². The van der Waals surface area contributed by atoms with Gasteiger partial charge in [0.2, 0.25) is 0 Å². The number of anilines is 2. The second-order valence-electron chi connectivity index (χ2n) is 6.07. The van der Waals surface area contributed by atoms with Crippen molar-refractivity contribution in [2.45, 2.75) is 37.8 Å². The number of piperidine rings is 1. The number of fused-ring (bicyclic) bond motifs is 1. The third kappa shape index (κ3) is 2.40. The molecule has 1 aromatic carbocycles. The monoisotopic (exact) mass is 273 g/mol. The van der Waals surface area contributed by atoms with Gasteiger partial charge in [0, 0.05) is 17.4 Å². The van der Waals surface area contributed by atoms with E-state index in [2.05, 4.69) is 29.0 Å². The highest BCUT2D eigenvalue weighted by atomic mass is 16.1. The van der Waals surface area contributed by atoms with Gasteiger partial charge in [0.25, 0.3) is 0 Å². The highest BCUT2D eigenvalue weighted by Gasteiger charge is 2.32. The highest BCUT2D eigenvalue weighted by Crippen LogP contribution is 2.35. The summed E-state index contributed by atoms with van der Waals surface area (Å²) >= 11 is 0. The van der Waals surface area contributed by atoms with Crippen molar-refractivity contribution >= 4 is 17.7 Å². The fraction of sp³-hybridized carbons (Fsp3) is 0.562. The Morgan fingerprint density at radius 1 is 1.25 bits per heavy atom.